The third-order valence-corrected chi connectivity index (χ3v) is 5.30. The predicted molar refractivity (Wildman–Crippen MR) is 94.3 cm³/mol. The Morgan fingerprint density at radius 1 is 1.27 bits per heavy atom. The van der Waals surface area contributed by atoms with Crippen molar-refractivity contribution >= 4 is 11.8 Å². The molecule has 7 nitrogen and oxygen atoms in total. The van der Waals surface area contributed by atoms with Gasteiger partial charge in [-0.2, -0.15) is 10.2 Å². The second kappa shape index (κ2) is 7.24. The van der Waals surface area contributed by atoms with Crippen molar-refractivity contribution in [3.63, 3.8) is 0 Å². The summed E-state index contributed by atoms with van der Waals surface area (Å²) in [5.74, 6) is 2.09. The van der Waals surface area contributed by atoms with Gasteiger partial charge in [0.2, 0.25) is 17.5 Å². The van der Waals surface area contributed by atoms with Crippen LogP contribution in [0.1, 0.15) is 37.8 Å². The van der Waals surface area contributed by atoms with Gasteiger partial charge in [0.05, 0.1) is 6.26 Å². The van der Waals surface area contributed by atoms with E-state index in [1.54, 1.807) is 18.4 Å². The second-order valence-electron chi connectivity index (χ2n) is 6.98. The Balaban J connectivity index is 1.40. The van der Waals surface area contributed by atoms with Crippen LogP contribution in [0.4, 0.5) is 5.88 Å². The molecule has 2 aliphatic rings. The van der Waals surface area contributed by atoms with Gasteiger partial charge in [-0.05, 0) is 30.9 Å². The molecule has 3 heterocycles. The highest BCUT2D eigenvalue weighted by Gasteiger charge is 2.28. The maximum atomic E-state index is 12.5. The van der Waals surface area contributed by atoms with Gasteiger partial charge in [-0.25, -0.2) is 0 Å². The zero-order chi connectivity index (χ0) is 17.9. The van der Waals surface area contributed by atoms with Crippen molar-refractivity contribution < 1.29 is 13.6 Å². The molecule has 0 spiro atoms. The van der Waals surface area contributed by atoms with Crippen LogP contribution in [0.3, 0.4) is 0 Å². The fourth-order valence-electron chi connectivity index (χ4n) is 3.85. The van der Waals surface area contributed by atoms with Crippen LogP contribution >= 0.6 is 0 Å². The van der Waals surface area contributed by atoms with E-state index in [0.717, 1.165) is 0 Å². The fraction of sp³-hybridized carbons (Fsp3) is 0.526. The van der Waals surface area contributed by atoms with Crippen molar-refractivity contribution in [3.05, 3.63) is 24.1 Å². The van der Waals surface area contributed by atoms with Crippen LogP contribution in [0.2, 0.25) is 0 Å². The maximum Gasteiger partial charge on any atom is 0.266 e. The zero-order valence-electron chi connectivity index (χ0n) is 14.7. The molecule has 0 radical (unpaired) electrons. The van der Waals surface area contributed by atoms with Gasteiger partial charge in [0, 0.05) is 32.6 Å². The standard InChI is InChI=1S/C19H22N4O3/c20-13-15-19(26-18(21-15)16-6-3-11-25-16)23-9-7-22(8-10-23)17(24)12-14-4-1-2-5-14/h3,6,11,14H,1-2,4-5,7-10,12H2. The van der Waals surface area contributed by atoms with E-state index in [2.05, 4.69) is 11.1 Å². The first-order chi connectivity index (χ1) is 12.7. The summed E-state index contributed by atoms with van der Waals surface area (Å²) in [4.78, 5) is 20.6. The van der Waals surface area contributed by atoms with Crippen LogP contribution in [0, 0.1) is 17.2 Å². The Morgan fingerprint density at radius 3 is 2.69 bits per heavy atom. The number of hydrogen-bond donors (Lipinski definition) is 0. The molecule has 4 rings (SSSR count). The molecule has 0 N–H and O–H groups in total. The minimum Gasteiger partial charge on any atom is -0.459 e. The minimum atomic E-state index is 0.252. The molecular formula is C19H22N4O3. The molecule has 26 heavy (non-hydrogen) atoms. The van der Waals surface area contributed by atoms with E-state index in [0.29, 0.717) is 56.1 Å². The average Bonchev–Trinajstić information content (AvgIpc) is 3.42. The lowest BCUT2D eigenvalue weighted by molar-refractivity contribution is -0.132. The number of oxazole rings is 1. The summed E-state index contributed by atoms with van der Waals surface area (Å²) in [6.07, 6.45) is 7.10. The number of hydrogen-bond acceptors (Lipinski definition) is 6. The van der Waals surface area contributed by atoms with E-state index in [-0.39, 0.29) is 11.6 Å². The van der Waals surface area contributed by atoms with Crippen LogP contribution in [-0.4, -0.2) is 42.0 Å². The van der Waals surface area contributed by atoms with E-state index >= 15 is 0 Å². The zero-order valence-corrected chi connectivity index (χ0v) is 14.7. The number of rotatable bonds is 4. The number of aromatic nitrogens is 1. The molecule has 0 unspecified atom stereocenters. The third-order valence-electron chi connectivity index (χ3n) is 5.30. The molecule has 2 aromatic rings. The summed E-state index contributed by atoms with van der Waals surface area (Å²) < 4.78 is 11.1. The Bertz CT molecular complexity index is 791. The second-order valence-corrected chi connectivity index (χ2v) is 6.98. The first-order valence-corrected chi connectivity index (χ1v) is 9.22. The molecule has 1 amide bonds. The third kappa shape index (κ3) is 3.32. The van der Waals surface area contributed by atoms with Crippen molar-refractivity contribution in [2.75, 3.05) is 31.1 Å². The number of carbonyl (C=O) groups excluding carboxylic acids is 1. The summed E-state index contributed by atoms with van der Waals surface area (Å²) in [5.41, 5.74) is 0.252. The van der Waals surface area contributed by atoms with E-state index in [1.165, 1.54) is 25.7 Å². The van der Waals surface area contributed by atoms with Crippen LogP contribution in [0.25, 0.3) is 11.7 Å². The number of piperazine rings is 1. The minimum absolute atomic E-state index is 0.252. The van der Waals surface area contributed by atoms with Gasteiger partial charge in [-0.1, -0.05) is 12.8 Å². The summed E-state index contributed by atoms with van der Waals surface area (Å²) in [6.45, 7) is 2.57. The molecule has 136 valence electrons. The molecule has 2 fully saturated rings. The van der Waals surface area contributed by atoms with Crippen molar-refractivity contribution in [3.8, 4) is 17.7 Å². The van der Waals surface area contributed by atoms with Gasteiger partial charge < -0.3 is 18.6 Å². The molecule has 1 aliphatic carbocycles. The normalized spacial score (nSPS) is 18.3. The Morgan fingerprint density at radius 2 is 2.04 bits per heavy atom. The number of nitrogens with zero attached hydrogens (tertiary/aromatic N) is 4. The maximum absolute atomic E-state index is 12.5. The average molecular weight is 354 g/mol. The Hall–Kier alpha value is -2.75. The molecule has 0 atom stereocenters. The SMILES string of the molecule is N#Cc1nc(-c2ccco2)oc1N1CCN(C(=O)CC2CCCC2)CC1. The van der Waals surface area contributed by atoms with Crippen LogP contribution in [0.5, 0.6) is 0 Å². The largest absolute Gasteiger partial charge is 0.459 e. The van der Waals surface area contributed by atoms with Gasteiger partial charge in [-0.3, -0.25) is 4.79 Å². The monoisotopic (exact) mass is 354 g/mol. The number of furan rings is 1. The summed E-state index contributed by atoms with van der Waals surface area (Å²) in [5, 5.41) is 9.37. The van der Waals surface area contributed by atoms with Crippen molar-refractivity contribution in [1.29, 1.82) is 5.26 Å². The van der Waals surface area contributed by atoms with Crippen LogP contribution in [-0.2, 0) is 4.79 Å². The van der Waals surface area contributed by atoms with Crippen molar-refractivity contribution in [2.24, 2.45) is 5.92 Å². The quantitative estimate of drug-likeness (QED) is 0.839. The number of amides is 1. The van der Waals surface area contributed by atoms with Gasteiger partial charge in [0.15, 0.2) is 5.76 Å². The lowest BCUT2D eigenvalue weighted by Gasteiger charge is -2.35. The van der Waals surface area contributed by atoms with Gasteiger partial charge in [0.1, 0.15) is 6.07 Å². The Kier molecular flexibility index (Phi) is 4.65. The molecule has 7 heteroatoms. The first-order valence-electron chi connectivity index (χ1n) is 9.22. The molecule has 0 bridgehead atoms. The lowest BCUT2D eigenvalue weighted by Crippen LogP contribution is -2.49. The van der Waals surface area contributed by atoms with Crippen molar-refractivity contribution in [2.45, 2.75) is 32.1 Å². The van der Waals surface area contributed by atoms with Gasteiger partial charge in [-0.15, -0.1) is 0 Å². The smallest absolute Gasteiger partial charge is 0.266 e. The topological polar surface area (TPSA) is 86.5 Å². The molecule has 2 aromatic heterocycles. The number of anilines is 1. The summed E-state index contributed by atoms with van der Waals surface area (Å²) >= 11 is 0. The Labute approximate surface area is 152 Å². The highest BCUT2D eigenvalue weighted by molar-refractivity contribution is 5.76. The first kappa shape index (κ1) is 16.7. The molecule has 1 aliphatic heterocycles. The van der Waals surface area contributed by atoms with E-state index < -0.39 is 0 Å². The van der Waals surface area contributed by atoms with Gasteiger partial charge in [0.25, 0.3) is 5.89 Å². The van der Waals surface area contributed by atoms with E-state index in [4.69, 9.17) is 8.83 Å². The predicted octanol–water partition coefficient (Wildman–Crippen LogP) is 3.04. The van der Waals surface area contributed by atoms with E-state index in [1.807, 2.05) is 9.80 Å². The summed E-state index contributed by atoms with van der Waals surface area (Å²) in [6, 6.07) is 5.59. The van der Waals surface area contributed by atoms with Gasteiger partial charge >= 0.3 is 0 Å². The lowest BCUT2D eigenvalue weighted by atomic mass is 10.0. The fourth-order valence-corrected chi connectivity index (χ4v) is 3.85. The number of nitriles is 1. The molecule has 1 saturated heterocycles. The van der Waals surface area contributed by atoms with E-state index in [9.17, 15) is 10.1 Å². The number of carbonyl (C=O) groups is 1. The highest BCUT2D eigenvalue weighted by atomic mass is 16.4. The van der Waals surface area contributed by atoms with Crippen molar-refractivity contribution in [1.82, 2.24) is 9.88 Å². The van der Waals surface area contributed by atoms with Crippen LogP contribution in [0.15, 0.2) is 27.2 Å². The molecule has 1 saturated carbocycles. The molecular weight excluding hydrogens is 332 g/mol. The van der Waals surface area contributed by atoms with Crippen LogP contribution < -0.4 is 4.90 Å². The summed E-state index contributed by atoms with van der Waals surface area (Å²) in [7, 11) is 0. The highest BCUT2D eigenvalue weighted by Crippen LogP contribution is 2.30. The molecule has 0 aromatic carbocycles.